The first-order valence-corrected chi connectivity index (χ1v) is 6.33. The van der Waals surface area contributed by atoms with Crippen LogP contribution in [0.15, 0.2) is 18.7 Å². The fraction of sp³-hybridized carbons (Fsp3) is 0.615. The van der Waals surface area contributed by atoms with E-state index in [9.17, 15) is 4.79 Å². The zero-order chi connectivity index (χ0) is 13.9. The van der Waals surface area contributed by atoms with E-state index < -0.39 is 5.60 Å². The van der Waals surface area contributed by atoms with Crippen molar-refractivity contribution in [1.82, 2.24) is 14.9 Å². The van der Waals surface area contributed by atoms with Gasteiger partial charge in [0.25, 0.3) is 0 Å². The lowest BCUT2D eigenvalue weighted by atomic mass is 10.1. The van der Waals surface area contributed by atoms with Gasteiger partial charge in [0.15, 0.2) is 5.75 Å². The van der Waals surface area contributed by atoms with Crippen LogP contribution in [0.25, 0.3) is 0 Å². The normalized spacial score (nSPS) is 18.7. The predicted octanol–water partition coefficient (Wildman–Crippen LogP) is 1.86. The molecule has 1 aromatic heterocycles. The zero-order valence-electron chi connectivity index (χ0n) is 11.5. The Balaban J connectivity index is 1.81. The number of ether oxygens (including phenoxy) is 2. The van der Waals surface area contributed by atoms with Crippen molar-refractivity contribution >= 4 is 6.09 Å². The number of aromatic nitrogens is 2. The van der Waals surface area contributed by atoms with E-state index in [-0.39, 0.29) is 12.1 Å². The summed E-state index contributed by atoms with van der Waals surface area (Å²) in [6, 6.07) is 0.0649. The van der Waals surface area contributed by atoms with E-state index >= 15 is 0 Å². The van der Waals surface area contributed by atoms with Gasteiger partial charge in [0.05, 0.1) is 18.4 Å². The minimum Gasteiger partial charge on any atom is -0.488 e. The van der Waals surface area contributed by atoms with Gasteiger partial charge in [-0.05, 0) is 27.2 Å². The molecule has 0 aromatic carbocycles. The third-order valence-electron chi connectivity index (χ3n) is 2.75. The van der Waals surface area contributed by atoms with Crippen molar-refractivity contribution in [2.24, 2.45) is 0 Å². The average molecular weight is 265 g/mol. The lowest BCUT2D eigenvalue weighted by Gasteiger charge is -2.40. The second-order valence-electron chi connectivity index (χ2n) is 5.50. The van der Waals surface area contributed by atoms with Gasteiger partial charge < -0.3 is 14.4 Å². The highest BCUT2D eigenvalue weighted by Gasteiger charge is 2.35. The van der Waals surface area contributed by atoms with Crippen molar-refractivity contribution in [1.29, 1.82) is 0 Å². The standard InChI is InChI=1S/C13H19N3O3/c1-13(2,3)19-12(17)16-5-4-10(16)8-18-11-6-14-9-15-7-11/h6-7,9-10H,4-5,8H2,1-3H3/t10-/m0/s1. The molecule has 6 nitrogen and oxygen atoms in total. The van der Waals surface area contributed by atoms with Gasteiger partial charge in [-0.15, -0.1) is 0 Å². The van der Waals surface area contributed by atoms with Crippen molar-refractivity contribution in [2.45, 2.75) is 38.8 Å². The van der Waals surface area contributed by atoms with Crippen LogP contribution in [-0.2, 0) is 4.74 Å². The number of rotatable bonds is 3. The fourth-order valence-electron chi connectivity index (χ4n) is 1.73. The second kappa shape index (κ2) is 5.42. The Bertz CT molecular complexity index is 431. The van der Waals surface area contributed by atoms with Crippen molar-refractivity contribution in [3.63, 3.8) is 0 Å². The summed E-state index contributed by atoms with van der Waals surface area (Å²) >= 11 is 0. The molecule has 1 aromatic rings. The maximum absolute atomic E-state index is 11.9. The Morgan fingerprint density at radius 3 is 2.63 bits per heavy atom. The Morgan fingerprint density at radius 2 is 2.11 bits per heavy atom. The van der Waals surface area contributed by atoms with E-state index in [0.717, 1.165) is 6.42 Å². The Hall–Kier alpha value is -1.85. The molecule has 1 atom stereocenters. The molecule has 0 aliphatic carbocycles. The summed E-state index contributed by atoms with van der Waals surface area (Å²) in [6.07, 6.45) is 5.29. The van der Waals surface area contributed by atoms with E-state index in [1.165, 1.54) is 6.33 Å². The van der Waals surface area contributed by atoms with Gasteiger partial charge in [0.1, 0.15) is 18.5 Å². The van der Waals surface area contributed by atoms with Gasteiger partial charge in [-0.25, -0.2) is 14.8 Å². The molecule has 0 unspecified atom stereocenters. The SMILES string of the molecule is CC(C)(C)OC(=O)N1CC[C@H]1COc1cncnc1. The highest BCUT2D eigenvalue weighted by atomic mass is 16.6. The van der Waals surface area contributed by atoms with Crippen molar-refractivity contribution in [3.05, 3.63) is 18.7 Å². The lowest BCUT2D eigenvalue weighted by molar-refractivity contribution is -0.0142. The van der Waals surface area contributed by atoms with E-state index in [2.05, 4.69) is 9.97 Å². The summed E-state index contributed by atoms with van der Waals surface area (Å²) in [5, 5.41) is 0. The van der Waals surface area contributed by atoms with Crippen LogP contribution in [0, 0.1) is 0 Å². The summed E-state index contributed by atoms with van der Waals surface area (Å²) in [7, 11) is 0. The molecule has 1 saturated heterocycles. The number of amides is 1. The molecule has 2 heterocycles. The molecular formula is C13H19N3O3. The largest absolute Gasteiger partial charge is 0.488 e. The Labute approximate surface area is 112 Å². The Morgan fingerprint density at radius 1 is 1.42 bits per heavy atom. The van der Waals surface area contributed by atoms with Crippen LogP contribution in [0.3, 0.4) is 0 Å². The molecule has 2 rings (SSSR count). The predicted molar refractivity (Wildman–Crippen MR) is 68.9 cm³/mol. The number of carbonyl (C=O) groups excluding carboxylic acids is 1. The summed E-state index contributed by atoms with van der Waals surface area (Å²) in [4.78, 5) is 21.3. The molecule has 0 N–H and O–H groups in total. The van der Waals surface area contributed by atoms with Gasteiger partial charge in [-0.1, -0.05) is 0 Å². The number of hydrogen-bond acceptors (Lipinski definition) is 5. The van der Waals surface area contributed by atoms with Gasteiger partial charge in [0.2, 0.25) is 0 Å². The first-order valence-electron chi connectivity index (χ1n) is 6.33. The van der Waals surface area contributed by atoms with E-state index in [1.807, 2.05) is 20.8 Å². The topological polar surface area (TPSA) is 64.5 Å². The molecule has 6 heteroatoms. The minimum atomic E-state index is -0.467. The zero-order valence-corrected chi connectivity index (χ0v) is 11.5. The first kappa shape index (κ1) is 13.6. The monoisotopic (exact) mass is 265 g/mol. The van der Waals surface area contributed by atoms with Crippen LogP contribution < -0.4 is 4.74 Å². The van der Waals surface area contributed by atoms with Crippen LogP contribution >= 0.6 is 0 Å². The van der Waals surface area contributed by atoms with Crippen LogP contribution in [0.2, 0.25) is 0 Å². The number of hydrogen-bond donors (Lipinski definition) is 0. The van der Waals surface area contributed by atoms with Crippen LogP contribution in [-0.4, -0.2) is 45.8 Å². The van der Waals surface area contributed by atoms with Crippen molar-refractivity contribution in [2.75, 3.05) is 13.2 Å². The summed E-state index contributed by atoms with van der Waals surface area (Å²) in [6.45, 7) is 6.73. The van der Waals surface area contributed by atoms with Gasteiger partial charge in [0, 0.05) is 6.54 Å². The van der Waals surface area contributed by atoms with Crippen molar-refractivity contribution in [3.8, 4) is 5.75 Å². The third kappa shape index (κ3) is 3.81. The molecule has 0 radical (unpaired) electrons. The summed E-state index contributed by atoms with van der Waals surface area (Å²) in [5.74, 6) is 0.610. The van der Waals surface area contributed by atoms with Crippen LogP contribution in [0.4, 0.5) is 4.79 Å². The van der Waals surface area contributed by atoms with E-state index in [0.29, 0.717) is 18.9 Å². The van der Waals surface area contributed by atoms with Gasteiger partial charge in [-0.2, -0.15) is 0 Å². The molecule has 0 spiro atoms. The van der Waals surface area contributed by atoms with Gasteiger partial charge >= 0.3 is 6.09 Å². The number of likely N-dealkylation sites (tertiary alicyclic amines) is 1. The second-order valence-corrected chi connectivity index (χ2v) is 5.50. The maximum atomic E-state index is 11.9. The Kier molecular flexibility index (Phi) is 3.87. The molecule has 19 heavy (non-hydrogen) atoms. The smallest absolute Gasteiger partial charge is 0.410 e. The van der Waals surface area contributed by atoms with Gasteiger partial charge in [-0.3, -0.25) is 0 Å². The molecule has 0 saturated carbocycles. The van der Waals surface area contributed by atoms with Crippen LogP contribution in [0.1, 0.15) is 27.2 Å². The van der Waals surface area contributed by atoms with E-state index in [4.69, 9.17) is 9.47 Å². The average Bonchev–Trinajstić information content (AvgIpc) is 2.26. The highest BCUT2D eigenvalue weighted by Crippen LogP contribution is 2.22. The molecule has 1 aliphatic rings. The first-order chi connectivity index (χ1) is 8.96. The molecule has 1 aliphatic heterocycles. The highest BCUT2D eigenvalue weighted by molar-refractivity contribution is 5.69. The quantitative estimate of drug-likeness (QED) is 0.834. The summed E-state index contributed by atoms with van der Waals surface area (Å²) in [5.41, 5.74) is -0.467. The molecule has 104 valence electrons. The van der Waals surface area contributed by atoms with Crippen molar-refractivity contribution < 1.29 is 14.3 Å². The molecule has 0 bridgehead atoms. The van der Waals surface area contributed by atoms with E-state index in [1.54, 1.807) is 17.3 Å². The molecule has 1 fully saturated rings. The number of nitrogens with zero attached hydrogens (tertiary/aromatic N) is 3. The lowest BCUT2D eigenvalue weighted by Crippen LogP contribution is -2.55. The molecule has 1 amide bonds. The fourth-order valence-corrected chi connectivity index (χ4v) is 1.73. The number of carbonyl (C=O) groups is 1. The van der Waals surface area contributed by atoms with Crippen LogP contribution in [0.5, 0.6) is 5.75 Å². The summed E-state index contributed by atoms with van der Waals surface area (Å²) < 4.78 is 10.9. The third-order valence-corrected chi connectivity index (χ3v) is 2.75. The maximum Gasteiger partial charge on any atom is 0.410 e. The molecular weight excluding hydrogens is 246 g/mol. The minimum absolute atomic E-state index is 0.0649.